The van der Waals surface area contributed by atoms with Crippen molar-refractivity contribution < 1.29 is 28.9 Å². The SMILES string of the molecule is CC(C)(C)O.Cc1nc(C(=O)N(C)CC2CCCCC2)c(-c2ccc(OCCc3ccc(F)cc3)cc2)c(N2CCC(C)(C)CC2)c1CC(=O)O. The summed E-state index contributed by atoms with van der Waals surface area (Å²) in [6.07, 6.45) is 8.32. The van der Waals surface area contributed by atoms with Crippen LogP contribution in [-0.2, 0) is 17.6 Å². The van der Waals surface area contributed by atoms with Crippen molar-refractivity contribution in [1.29, 1.82) is 0 Å². The number of carboxylic acid groups (broad SMARTS) is 1. The van der Waals surface area contributed by atoms with Gasteiger partial charge in [0.1, 0.15) is 17.3 Å². The average Bonchev–Trinajstić information content (AvgIpc) is 3.06. The Kier molecular flexibility index (Phi) is 13.7. The molecule has 0 radical (unpaired) electrons. The number of aliphatic hydroxyl groups is 1. The van der Waals surface area contributed by atoms with Gasteiger partial charge in [-0.15, -0.1) is 0 Å². The van der Waals surface area contributed by atoms with Gasteiger partial charge in [-0.25, -0.2) is 9.37 Å². The van der Waals surface area contributed by atoms with Gasteiger partial charge < -0.3 is 24.7 Å². The number of ether oxygens (including phenoxy) is 1. The van der Waals surface area contributed by atoms with Crippen LogP contribution < -0.4 is 9.64 Å². The van der Waals surface area contributed by atoms with Crippen LogP contribution >= 0.6 is 0 Å². The topological polar surface area (TPSA) is 103 Å². The molecule has 2 heterocycles. The van der Waals surface area contributed by atoms with E-state index >= 15 is 0 Å². The van der Waals surface area contributed by atoms with Gasteiger partial charge in [0.15, 0.2) is 0 Å². The number of rotatable bonds is 11. The van der Waals surface area contributed by atoms with Crippen molar-refractivity contribution in [1.82, 2.24) is 9.88 Å². The van der Waals surface area contributed by atoms with Gasteiger partial charge in [-0.2, -0.15) is 0 Å². The zero-order valence-electron chi connectivity index (χ0n) is 31.7. The third-order valence-corrected chi connectivity index (χ3v) is 9.76. The maximum absolute atomic E-state index is 14.3. The Hall–Kier alpha value is -3.98. The number of anilines is 1. The van der Waals surface area contributed by atoms with Crippen molar-refractivity contribution in [3.63, 3.8) is 0 Å². The maximum Gasteiger partial charge on any atom is 0.307 e. The van der Waals surface area contributed by atoms with Crippen LogP contribution in [0, 0.1) is 24.1 Å². The molecule has 2 aliphatic rings. The molecule has 0 bridgehead atoms. The molecular formula is C42H58FN3O5. The molecule has 8 nitrogen and oxygen atoms in total. The number of aryl methyl sites for hydroxylation is 1. The molecule has 2 aromatic carbocycles. The number of amides is 1. The van der Waals surface area contributed by atoms with Crippen LogP contribution in [0.3, 0.4) is 0 Å². The quantitative estimate of drug-likeness (QED) is 0.207. The number of hydrogen-bond acceptors (Lipinski definition) is 6. The Labute approximate surface area is 304 Å². The molecule has 0 atom stereocenters. The van der Waals surface area contributed by atoms with E-state index in [2.05, 4.69) is 18.7 Å². The first-order valence-electron chi connectivity index (χ1n) is 18.5. The van der Waals surface area contributed by atoms with Gasteiger partial charge >= 0.3 is 5.97 Å². The fraction of sp³-hybridized carbons (Fsp3) is 0.548. The third kappa shape index (κ3) is 12.1. The van der Waals surface area contributed by atoms with Crippen molar-refractivity contribution in [3.05, 3.63) is 76.9 Å². The van der Waals surface area contributed by atoms with E-state index in [-0.39, 0.29) is 23.6 Å². The number of hydrogen-bond donors (Lipinski definition) is 2. The summed E-state index contributed by atoms with van der Waals surface area (Å²) in [6.45, 7) is 14.3. The Morgan fingerprint density at radius 3 is 2.16 bits per heavy atom. The number of benzene rings is 2. The first kappa shape index (κ1) is 39.8. The second-order valence-electron chi connectivity index (χ2n) is 16.1. The summed E-state index contributed by atoms with van der Waals surface area (Å²) in [7, 11) is 1.87. The standard InChI is InChI=1S/C38H48FN3O4.C4H10O/c1-26-32(24-33(43)44)36(42-21-19-38(2,3)20-22-42)34(35(40-26)37(45)41(4)25-28-8-6-5-7-9-28)29-12-16-31(17-13-29)46-23-18-27-10-14-30(39)15-11-27;1-4(2,3)5/h10-17,28H,5-9,18-25H2,1-4H3,(H,43,44);5H,1-3H3. The van der Waals surface area contributed by atoms with Crippen LogP contribution in [0.2, 0.25) is 0 Å². The van der Waals surface area contributed by atoms with Crippen LogP contribution in [0.1, 0.15) is 107 Å². The Bertz CT molecular complexity index is 1590. The highest BCUT2D eigenvalue weighted by atomic mass is 19.1. The van der Waals surface area contributed by atoms with E-state index < -0.39 is 11.6 Å². The normalized spacial score (nSPS) is 16.2. The first-order valence-corrected chi connectivity index (χ1v) is 18.5. The number of carboxylic acids is 1. The van der Waals surface area contributed by atoms with Gasteiger partial charge in [0.25, 0.3) is 5.91 Å². The molecule has 51 heavy (non-hydrogen) atoms. The molecule has 0 spiro atoms. The lowest BCUT2D eigenvalue weighted by Gasteiger charge is -2.40. The van der Waals surface area contributed by atoms with Crippen LogP contribution in [0.15, 0.2) is 48.5 Å². The highest BCUT2D eigenvalue weighted by molar-refractivity contribution is 6.03. The zero-order valence-corrected chi connectivity index (χ0v) is 31.7. The lowest BCUT2D eigenvalue weighted by atomic mass is 9.82. The van der Waals surface area contributed by atoms with Gasteiger partial charge in [-0.3, -0.25) is 9.59 Å². The number of carbonyl (C=O) groups is 2. The second-order valence-corrected chi connectivity index (χ2v) is 16.1. The summed E-state index contributed by atoms with van der Waals surface area (Å²) in [5.74, 6) is -0.159. The number of nitrogens with zero attached hydrogens (tertiary/aromatic N) is 3. The molecule has 1 amide bonds. The molecule has 1 aliphatic carbocycles. The van der Waals surface area contributed by atoms with E-state index in [4.69, 9.17) is 14.8 Å². The van der Waals surface area contributed by atoms with Crippen LogP contribution in [0.4, 0.5) is 10.1 Å². The predicted octanol–water partition coefficient (Wildman–Crippen LogP) is 8.50. The number of pyridine rings is 1. The summed E-state index contributed by atoms with van der Waals surface area (Å²) < 4.78 is 19.3. The number of aliphatic carboxylic acids is 1. The maximum atomic E-state index is 14.3. The largest absolute Gasteiger partial charge is 0.493 e. The van der Waals surface area contributed by atoms with E-state index in [1.807, 2.05) is 43.1 Å². The molecule has 0 unspecified atom stereocenters. The van der Waals surface area contributed by atoms with Crippen molar-refractivity contribution >= 4 is 17.6 Å². The smallest absolute Gasteiger partial charge is 0.307 e. The van der Waals surface area contributed by atoms with Gasteiger partial charge in [-0.05, 0) is 100 Å². The molecular weight excluding hydrogens is 645 g/mol. The minimum absolute atomic E-state index is 0.135. The fourth-order valence-electron chi connectivity index (χ4n) is 6.88. The average molecular weight is 704 g/mol. The minimum atomic E-state index is -0.923. The van der Waals surface area contributed by atoms with Gasteiger partial charge in [0.2, 0.25) is 0 Å². The number of aromatic nitrogens is 1. The van der Waals surface area contributed by atoms with E-state index in [1.54, 1.807) is 32.9 Å². The lowest BCUT2D eigenvalue weighted by Crippen LogP contribution is -2.39. The predicted molar refractivity (Wildman–Crippen MR) is 202 cm³/mol. The highest BCUT2D eigenvalue weighted by Gasteiger charge is 2.33. The monoisotopic (exact) mass is 703 g/mol. The van der Waals surface area contributed by atoms with Gasteiger partial charge in [-0.1, -0.05) is 57.4 Å². The van der Waals surface area contributed by atoms with Crippen molar-refractivity contribution in [2.45, 2.75) is 105 Å². The van der Waals surface area contributed by atoms with Crippen LogP contribution in [0.25, 0.3) is 11.1 Å². The first-order chi connectivity index (χ1) is 24.0. The summed E-state index contributed by atoms with van der Waals surface area (Å²) in [4.78, 5) is 35.4. The summed E-state index contributed by atoms with van der Waals surface area (Å²) in [5, 5.41) is 18.5. The Balaban J connectivity index is 0.00000109. The van der Waals surface area contributed by atoms with E-state index in [0.29, 0.717) is 53.8 Å². The third-order valence-electron chi connectivity index (χ3n) is 9.76. The van der Waals surface area contributed by atoms with Crippen molar-refractivity contribution in [2.75, 3.05) is 38.2 Å². The Morgan fingerprint density at radius 1 is 1.00 bits per heavy atom. The molecule has 278 valence electrons. The molecule has 1 saturated heterocycles. The number of carbonyl (C=O) groups excluding carboxylic acids is 1. The second kappa shape index (κ2) is 17.5. The molecule has 2 N–H and O–H groups in total. The minimum Gasteiger partial charge on any atom is -0.493 e. The molecule has 3 aromatic rings. The highest BCUT2D eigenvalue weighted by Crippen LogP contribution is 2.42. The summed E-state index contributed by atoms with van der Waals surface area (Å²) in [5.41, 5.74) is 4.61. The zero-order chi connectivity index (χ0) is 37.3. The molecule has 1 aromatic heterocycles. The molecule has 5 rings (SSSR count). The molecule has 1 aliphatic heterocycles. The number of piperidine rings is 1. The summed E-state index contributed by atoms with van der Waals surface area (Å²) >= 11 is 0. The van der Waals surface area contributed by atoms with Crippen molar-refractivity contribution in [2.24, 2.45) is 11.3 Å². The summed E-state index contributed by atoms with van der Waals surface area (Å²) in [6, 6.07) is 14.1. The van der Waals surface area contributed by atoms with E-state index in [9.17, 15) is 19.1 Å². The van der Waals surface area contributed by atoms with Crippen LogP contribution in [0.5, 0.6) is 5.75 Å². The molecule has 1 saturated carbocycles. The van der Waals surface area contributed by atoms with Gasteiger partial charge in [0, 0.05) is 49.9 Å². The van der Waals surface area contributed by atoms with Gasteiger partial charge in [0.05, 0.1) is 24.3 Å². The molecule has 9 heteroatoms. The number of halogens is 1. The van der Waals surface area contributed by atoms with E-state index in [0.717, 1.165) is 55.6 Å². The van der Waals surface area contributed by atoms with E-state index in [1.165, 1.54) is 31.4 Å². The fourth-order valence-corrected chi connectivity index (χ4v) is 6.88. The lowest BCUT2D eigenvalue weighted by molar-refractivity contribution is -0.136. The Morgan fingerprint density at radius 2 is 1.59 bits per heavy atom. The van der Waals surface area contributed by atoms with Crippen molar-refractivity contribution in [3.8, 4) is 16.9 Å². The van der Waals surface area contributed by atoms with Crippen LogP contribution in [-0.4, -0.2) is 70.9 Å². The molecule has 2 fully saturated rings.